The quantitative estimate of drug-likeness (QED) is 0.531. The molecule has 2 aromatic carbocycles. The summed E-state index contributed by atoms with van der Waals surface area (Å²) >= 11 is 3.15. The van der Waals surface area contributed by atoms with Gasteiger partial charge < -0.3 is 9.64 Å². The first-order chi connectivity index (χ1) is 14.2. The van der Waals surface area contributed by atoms with Crippen LogP contribution in [0, 0.1) is 0 Å². The second-order valence-electron chi connectivity index (χ2n) is 6.97. The van der Waals surface area contributed by atoms with Crippen molar-refractivity contribution in [2.45, 2.75) is 17.8 Å². The smallest absolute Gasteiger partial charge is 0.233 e. The molecule has 4 rings (SSSR count). The van der Waals surface area contributed by atoms with Crippen LogP contribution in [-0.4, -0.2) is 59.2 Å². The number of fused-ring (bicyclic) bond motifs is 1. The third kappa shape index (κ3) is 5.29. The molecule has 1 saturated heterocycles. The summed E-state index contributed by atoms with van der Waals surface area (Å²) in [6.45, 7) is 7.02. The van der Waals surface area contributed by atoms with E-state index in [9.17, 15) is 4.79 Å². The Hall–Kier alpha value is -2.09. The first kappa shape index (κ1) is 20.2. The van der Waals surface area contributed by atoms with E-state index in [1.165, 1.54) is 17.3 Å². The Morgan fingerprint density at radius 1 is 1.14 bits per heavy atom. The Morgan fingerprint density at radius 3 is 2.69 bits per heavy atom. The Morgan fingerprint density at radius 2 is 1.93 bits per heavy atom. The van der Waals surface area contributed by atoms with Gasteiger partial charge in [0.25, 0.3) is 0 Å². The summed E-state index contributed by atoms with van der Waals surface area (Å²) in [5, 5.41) is 0. The summed E-state index contributed by atoms with van der Waals surface area (Å²) in [4.78, 5) is 21.7. The summed E-state index contributed by atoms with van der Waals surface area (Å²) in [7, 11) is 0. The molecule has 7 heteroatoms. The van der Waals surface area contributed by atoms with Crippen molar-refractivity contribution in [2.75, 3.05) is 38.5 Å². The fourth-order valence-corrected chi connectivity index (χ4v) is 5.41. The SMILES string of the molecule is CCOc1ccc2nc(SCC(=O)N3CCN(Cc4ccccc4)CC3)sc2c1. The van der Waals surface area contributed by atoms with Gasteiger partial charge in [0.15, 0.2) is 4.34 Å². The predicted octanol–water partition coefficient (Wildman–Crippen LogP) is 4.13. The summed E-state index contributed by atoms with van der Waals surface area (Å²) in [5.74, 6) is 1.50. The van der Waals surface area contributed by atoms with Gasteiger partial charge in [-0.2, -0.15) is 0 Å². The van der Waals surface area contributed by atoms with Gasteiger partial charge in [-0.25, -0.2) is 4.98 Å². The molecule has 3 aromatic rings. The van der Waals surface area contributed by atoms with Crippen LogP contribution in [0.1, 0.15) is 12.5 Å². The molecule has 5 nitrogen and oxygen atoms in total. The van der Waals surface area contributed by atoms with Crippen LogP contribution in [-0.2, 0) is 11.3 Å². The number of thiazole rings is 1. The van der Waals surface area contributed by atoms with Crippen LogP contribution in [0.15, 0.2) is 52.9 Å². The number of benzene rings is 2. The monoisotopic (exact) mass is 427 g/mol. The zero-order chi connectivity index (χ0) is 20.1. The van der Waals surface area contributed by atoms with E-state index in [0.717, 1.165) is 53.0 Å². The molecule has 0 radical (unpaired) electrons. The maximum absolute atomic E-state index is 12.6. The summed E-state index contributed by atoms with van der Waals surface area (Å²) in [6.07, 6.45) is 0. The molecule has 1 amide bonds. The molecule has 152 valence electrons. The lowest BCUT2D eigenvalue weighted by Gasteiger charge is -2.34. The lowest BCUT2D eigenvalue weighted by molar-refractivity contribution is -0.130. The lowest BCUT2D eigenvalue weighted by atomic mass is 10.2. The standard InChI is InChI=1S/C22H25N3O2S2/c1-2-27-18-8-9-19-20(14-18)29-22(23-19)28-16-21(26)25-12-10-24(11-13-25)15-17-6-4-3-5-7-17/h3-9,14H,2,10-13,15-16H2,1H3. The molecule has 1 aliphatic rings. The van der Waals surface area contributed by atoms with Crippen molar-refractivity contribution >= 4 is 39.2 Å². The van der Waals surface area contributed by atoms with Crippen molar-refractivity contribution in [3.05, 3.63) is 54.1 Å². The van der Waals surface area contributed by atoms with E-state index in [0.29, 0.717) is 12.4 Å². The van der Waals surface area contributed by atoms with Crippen LogP contribution in [0.3, 0.4) is 0 Å². The van der Waals surface area contributed by atoms with E-state index in [4.69, 9.17) is 4.74 Å². The molecule has 1 fully saturated rings. The van der Waals surface area contributed by atoms with Crippen LogP contribution in [0.25, 0.3) is 10.2 Å². The second-order valence-corrected chi connectivity index (χ2v) is 9.23. The van der Waals surface area contributed by atoms with E-state index in [1.807, 2.05) is 36.1 Å². The molecule has 1 aromatic heterocycles. The van der Waals surface area contributed by atoms with Crippen LogP contribution >= 0.6 is 23.1 Å². The lowest BCUT2D eigenvalue weighted by Crippen LogP contribution is -2.48. The topological polar surface area (TPSA) is 45.7 Å². The normalized spacial score (nSPS) is 15.0. The van der Waals surface area contributed by atoms with E-state index >= 15 is 0 Å². The maximum atomic E-state index is 12.6. The molecule has 29 heavy (non-hydrogen) atoms. The van der Waals surface area contributed by atoms with Crippen LogP contribution in [0.4, 0.5) is 0 Å². The van der Waals surface area contributed by atoms with Crippen molar-refractivity contribution in [1.29, 1.82) is 0 Å². The molecule has 0 aliphatic carbocycles. The van der Waals surface area contributed by atoms with Gasteiger partial charge in [0.1, 0.15) is 5.75 Å². The average Bonchev–Trinajstić information content (AvgIpc) is 3.16. The van der Waals surface area contributed by atoms with Gasteiger partial charge in [-0.05, 0) is 30.7 Å². The number of carbonyl (C=O) groups is 1. The fraction of sp³-hybridized carbons (Fsp3) is 0.364. The van der Waals surface area contributed by atoms with Gasteiger partial charge in [0, 0.05) is 32.7 Å². The van der Waals surface area contributed by atoms with Crippen molar-refractivity contribution in [1.82, 2.24) is 14.8 Å². The fourth-order valence-electron chi connectivity index (χ4n) is 3.41. The number of rotatable bonds is 7. The molecule has 0 spiro atoms. The molecular formula is C22H25N3O2S2. The molecule has 0 unspecified atom stereocenters. The highest BCUT2D eigenvalue weighted by Gasteiger charge is 2.21. The zero-order valence-corrected chi connectivity index (χ0v) is 18.2. The third-order valence-corrected chi connectivity index (χ3v) is 7.09. The number of aromatic nitrogens is 1. The van der Waals surface area contributed by atoms with Gasteiger partial charge in [-0.15, -0.1) is 11.3 Å². The number of nitrogens with zero attached hydrogens (tertiary/aromatic N) is 3. The Bertz CT molecular complexity index is 953. The summed E-state index contributed by atoms with van der Waals surface area (Å²) in [5.41, 5.74) is 2.29. The first-order valence-electron chi connectivity index (χ1n) is 9.91. The van der Waals surface area contributed by atoms with E-state index in [2.05, 4.69) is 34.1 Å². The number of hydrogen-bond donors (Lipinski definition) is 0. The minimum Gasteiger partial charge on any atom is -0.494 e. The number of hydrogen-bond acceptors (Lipinski definition) is 6. The molecular weight excluding hydrogens is 402 g/mol. The minimum absolute atomic E-state index is 0.198. The van der Waals surface area contributed by atoms with Gasteiger partial charge in [-0.3, -0.25) is 9.69 Å². The van der Waals surface area contributed by atoms with Gasteiger partial charge in [-0.1, -0.05) is 42.1 Å². The molecule has 1 aliphatic heterocycles. The summed E-state index contributed by atoms with van der Waals surface area (Å²) in [6, 6.07) is 16.5. The van der Waals surface area contributed by atoms with Crippen molar-refractivity contribution in [2.24, 2.45) is 0 Å². The van der Waals surface area contributed by atoms with Crippen LogP contribution in [0.5, 0.6) is 5.75 Å². The van der Waals surface area contributed by atoms with Crippen LogP contribution in [0.2, 0.25) is 0 Å². The van der Waals surface area contributed by atoms with E-state index < -0.39 is 0 Å². The highest BCUT2D eigenvalue weighted by molar-refractivity contribution is 8.01. The second kappa shape index (κ2) is 9.61. The molecule has 0 bridgehead atoms. The van der Waals surface area contributed by atoms with Gasteiger partial charge in [0.05, 0.1) is 22.6 Å². The van der Waals surface area contributed by atoms with Crippen molar-refractivity contribution in [3.63, 3.8) is 0 Å². The van der Waals surface area contributed by atoms with E-state index in [1.54, 1.807) is 11.3 Å². The predicted molar refractivity (Wildman–Crippen MR) is 120 cm³/mol. The molecule has 0 saturated carbocycles. The Labute approximate surface area is 179 Å². The number of carbonyl (C=O) groups excluding carboxylic acids is 1. The van der Waals surface area contributed by atoms with Gasteiger partial charge >= 0.3 is 0 Å². The third-order valence-electron chi connectivity index (χ3n) is 4.94. The molecule has 2 heterocycles. The molecule has 0 N–H and O–H groups in total. The van der Waals surface area contributed by atoms with Crippen molar-refractivity contribution in [3.8, 4) is 5.75 Å². The average molecular weight is 428 g/mol. The van der Waals surface area contributed by atoms with E-state index in [-0.39, 0.29) is 5.91 Å². The Balaban J connectivity index is 1.26. The minimum atomic E-state index is 0.198. The highest BCUT2D eigenvalue weighted by Crippen LogP contribution is 2.32. The van der Waals surface area contributed by atoms with Crippen LogP contribution < -0.4 is 4.74 Å². The summed E-state index contributed by atoms with van der Waals surface area (Å²) < 4.78 is 7.59. The Kier molecular flexibility index (Phi) is 6.69. The highest BCUT2D eigenvalue weighted by atomic mass is 32.2. The first-order valence-corrected chi connectivity index (χ1v) is 11.7. The number of thioether (sulfide) groups is 1. The number of ether oxygens (including phenoxy) is 1. The number of piperazine rings is 1. The largest absolute Gasteiger partial charge is 0.494 e. The number of amides is 1. The zero-order valence-electron chi connectivity index (χ0n) is 16.5. The molecule has 0 atom stereocenters. The van der Waals surface area contributed by atoms with Gasteiger partial charge in [0.2, 0.25) is 5.91 Å². The maximum Gasteiger partial charge on any atom is 0.233 e. The van der Waals surface area contributed by atoms with Crippen molar-refractivity contribution < 1.29 is 9.53 Å².